The third kappa shape index (κ3) is 3.30. The Morgan fingerprint density at radius 2 is 2.26 bits per heavy atom. The molecule has 23 heavy (non-hydrogen) atoms. The van der Waals surface area contributed by atoms with Crippen molar-refractivity contribution >= 4 is 38.8 Å². The lowest BCUT2D eigenvalue weighted by atomic mass is 10.3. The van der Waals surface area contributed by atoms with E-state index in [0.717, 1.165) is 11.2 Å². The van der Waals surface area contributed by atoms with E-state index in [2.05, 4.69) is 26.2 Å². The molecule has 0 radical (unpaired) electrons. The summed E-state index contributed by atoms with van der Waals surface area (Å²) in [5.74, 6) is 0.286. The van der Waals surface area contributed by atoms with E-state index < -0.39 is 0 Å². The highest BCUT2D eigenvalue weighted by molar-refractivity contribution is 9.10. The van der Waals surface area contributed by atoms with E-state index in [4.69, 9.17) is 9.15 Å². The van der Waals surface area contributed by atoms with Crippen LogP contribution in [0.25, 0.3) is 11.1 Å². The Bertz CT molecular complexity index is 853. The van der Waals surface area contributed by atoms with Gasteiger partial charge in [-0.1, -0.05) is 6.07 Å². The summed E-state index contributed by atoms with van der Waals surface area (Å²) >= 11 is 3.31. The van der Waals surface area contributed by atoms with E-state index in [0.29, 0.717) is 34.9 Å². The van der Waals surface area contributed by atoms with Crippen molar-refractivity contribution in [3.8, 4) is 0 Å². The molecular weight excluding hydrogens is 362 g/mol. The molecule has 0 saturated carbocycles. The summed E-state index contributed by atoms with van der Waals surface area (Å²) in [6, 6.07) is 9.05. The Balaban J connectivity index is 1.94. The first-order valence-electron chi connectivity index (χ1n) is 7.11. The SMILES string of the molecule is COCCn1c(C(=O)Nc2cccc(C)n2)cc2oc(Br)cc21. The fourth-order valence-electron chi connectivity index (χ4n) is 2.42. The van der Waals surface area contributed by atoms with Crippen LogP contribution < -0.4 is 5.32 Å². The quantitative estimate of drug-likeness (QED) is 0.737. The number of nitrogens with zero attached hydrogens (tertiary/aromatic N) is 2. The number of amides is 1. The molecular formula is C16H16BrN3O3. The second-order valence-corrected chi connectivity index (χ2v) is 5.87. The van der Waals surface area contributed by atoms with Gasteiger partial charge >= 0.3 is 0 Å². The molecule has 0 spiro atoms. The van der Waals surface area contributed by atoms with Gasteiger partial charge < -0.3 is 19.0 Å². The molecule has 7 heteroatoms. The van der Waals surface area contributed by atoms with Crippen LogP contribution >= 0.6 is 15.9 Å². The Morgan fingerprint density at radius 1 is 1.43 bits per heavy atom. The summed E-state index contributed by atoms with van der Waals surface area (Å²) in [7, 11) is 1.63. The van der Waals surface area contributed by atoms with E-state index in [9.17, 15) is 4.79 Å². The lowest BCUT2D eigenvalue weighted by Gasteiger charge is -2.10. The lowest BCUT2D eigenvalue weighted by molar-refractivity contribution is 0.101. The molecule has 3 aromatic rings. The summed E-state index contributed by atoms with van der Waals surface area (Å²) in [5, 5.41) is 2.82. The smallest absolute Gasteiger partial charge is 0.273 e. The summed E-state index contributed by atoms with van der Waals surface area (Å²) in [6.45, 7) is 2.92. The van der Waals surface area contributed by atoms with Crippen molar-refractivity contribution in [3.05, 3.63) is 46.4 Å². The molecule has 0 unspecified atom stereocenters. The number of carbonyl (C=O) groups is 1. The number of aryl methyl sites for hydroxylation is 1. The Hall–Kier alpha value is -2.12. The molecule has 3 rings (SSSR count). The molecule has 3 heterocycles. The van der Waals surface area contributed by atoms with Crippen LogP contribution in [-0.4, -0.2) is 29.2 Å². The van der Waals surface area contributed by atoms with Crippen molar-refractivity contribution in [2.75, 3.05) is 19.0 Å². The fourth-order valence-corrected chi connectivity index (χ4v) is 2.81. The summed E-state index contributed by atoms with van der Waals surface area (Å²) in [5.41, 5.74) is 2.84. The first kappa shape index (κ1) is 15.8. The molecule has 0 bridgehead atoms. The minimum Gasteiger partial charge on any atom is -0.448 e. The standard InChI is InChI=1S/C16H16BrN3O3/c1-10-4-3-5-15(18-10)19-16(21)12-8-13-11(9-14(17)23-13)20(12)6-7-22-2/h3-5,8-9H,6-7H2,1-2H3,(H,18,19,21). The number of ether oxygens (including phenoxy) is 1. The van der Waals surface area contributed by atoms with E-state index >= 15 is 0 Å². The van der Waals surface area contributed by atoms with Crippen LogP contribution in [0.3, 0.4) is 0 Å². The number of nitrogens with one attached hydrogen (secondary N) is 1. The van der Waals surface area contributed by atoms with Gasteiger partial charge in [0.15, 0.2) is 10.3 Å². The molecule has 0 atom stereocenters. The van der Waals surface area contributed by atoms with Crippen LogP contribution in [0.15, 0.2) is 39.4 Å². The molecule has 0 aromatic carbocycles. The van der Waals surface area contributed by atoms with Gasteiger partial charge in [-0.2, -0.15) is 0 Å². The normalized spacial score (nSPS) is 11.1. The molecule has 1 N–H and O–H groups in total. The first-order valence-corrected chi connectivity index (χ1v) is 7.90. The number of fused-ring (bicyclic) bond motifs is 1. The number of methoxy groups -OCH3 is 1. The van der Waals surface area contributed by atoms with E-state index in [-0.39, 0.29) is 5.91 Å². The molecule has 3 aromatic heterocycles. The monoisotopic (exact) mass is 377 g/mol. The van der Waals surface area contributed by atoms with Crippen molar-refractivity contribution in [1.29, 1.82) is 0 Å². The van der Waals surface area contributed by atoms with Gasteiger partial charge in [-0.15, -0.1) is 0 Å². The number of aromatic nitrogens is 2. The van der Waals surface area contributed by atoms with Crippen LogP contribution in [0.4, 0.5) is 5.82 Å². The van der Waals surface area contributed by atoms with Crippen LogP contribution in [-0.2, 0) is 11.3 Å². The van der Waals surface area contributed by atoms with Crippen molar-refractivity contribution in [3.63, 3.8) is 0 Å². The zero-order valence-electron chi connectivity index (χ0n) is 12.8. The van der Waals surface area contributed by atoms with Crippen LogP contribution in [0.2, 0.25) is 0 Å². The summed E-state index contributed by atoms with van der Waals surface area (Å²) in [6.07, 6.45) is 0. The maximum atomic E-state index is 12.6. The third-order valence-electron chi connectivity index (χ3n) is 3.44. The van der Waals surface area contributed by atoms with Gasteiger partial charge in [-0.05, 0) is 35.0 Å². The fraction of sp³-hybridized carbons (Fsp3) is 0.250. The van der Waals surface area contributed by atoms with Crippen LogP contribution in [0.5, 0.6) is 0 Å². The van der Waals surface area contributed by atoms with Gasteiger partial charge in [0.25, 0.3) is 5.91 Å². The maximum absolute atomic E-state index is 12.6. The van der Waals surface area contributed by atoms with Gasteiger partial charge in [0.2, 0.25) is 0 Å². The zero-order valence-corrected chi connectivity index (χ0v) is 14.4. The molecule has 0 saturated heterocycles. The number of anilines is 1. The molecule has 1 amide bonds. The average Bonchev–Trinajstić information content (AvgIpc) is 3.01. The topological polar surface area (TPSA) is 69.3 Å². The maximum Gasteiger partial charge on any atom is 0.273 e. The number of rotatable bonds is 5. The Labute approximate surface area is 141 Å². The Kier molecular flexibility index (Phi) is 4.49. The van der Waals surface area contributed by atoms with Crippen molar-refractivity contribution < 1.29 is 13.9 Å². The third-order valence-corrected chi connectivity index (χ3v) is 3.83. The van der Waals surface area contributed by atoms with E-state index in [1.54, 1.807) is 19.2 Å². The van der Waals surface area contributed by atoms with Gasteiger partial charge in [-0.25, -0.2) is 4.98 Å². The number of hydrogen-bond acceptors (Lipinski definition) is 4. The highest BCUT2D eigenvalue weighted by atomic mass is 79.9. The zero-order chi connectivity index (χ0) is 16.4. The molecule has 0 fully saturated rings. The largest absolute Gasteiger partial charge is 0.448 e. The van der Waals surface area contributed by atoms with E-state index in [1.807, 2.05) is 29.7 Å². The van der Waals surface area contributed by atoms with Crippen LogP contribution in [0.1, 0.15) is 16.2 Å². The molecule has 0 aliphatic rings. The summed E-state index contributed by atoms with van der Waals surface area (Å²) < 4.78 is 13.2. The molecule has 0 aliphatic heterocycles. The number of hydrogen-bond donors (Lipinski definition) is 1. The first-order chi connectivity index (χ1) is 11.1. The average molecular weight is 378 g/mol. The number of furan rings is 1. The van der Waals surface area contributed by atoms with Gasteiger partial charge in [0.05, 0.1) is 12.1 Å². The van der Waals surface area contributed by atoms with Crippen molar-refractivity contribution in [2.24, 2.45) is 0 Å². The van der Waals surface area contributed by atoms with Gasteiger partial charge in [0, 0.05) is 31.5 Å². The molecule has 0 aliphatic carbocycles. The van der Waals surface area contributed by atoms with Gasteiger partial charge in [0.1, 0.15) is 11.5 Å². The minimum absolute atomic E-state index is 0.235. The predicted molar refractivity (Wildman–Crippen MR) is 90.7 cm³/mol. The summed E-state index contributed by atoms with van der Waals surface area (Å²) in [4.78, 5) is 16.9. The second-order valence-electron chi connectivity index (χ2n) is 5.09. The number of halogens is 1. The molecule has 6 nitrogen and oxygen atoms in total. The van der Waals surface area contributed by atoms with Crippen molar-refractivity contribution in [2.45, 2.75) is 13.5 Å². The molecule has 120 valence electrons. The Morgan fingerprint density at radius 3 is 3.00 bits per heavy atom. The van der Waals surface area contributed by atoms with Crippen LogP contribution in [0, 0.1) is 6.92 Å². The second kappa shape index (κ2) is 6.55. The number of pyridine rings is 1. The number of carbonyl (C=O) groups excluding carboxylic acids is 1. The highest BCUT2D eigenvalue weighted by Crippen LogP contribution is 2.27. The highest BCUT2D eigenvalue weighted by Gasteiger charge is 2.19. The van der Waals surface area contributed by atoms with Crippen molar-refractivity contribution in [1.82, 2.24) is 9.55 Å². The lowest BCUT2D eigenvalue weighted by Crippen LogP contribution is -2.19. The predicted octanol–water partition coefficient (Wildman–Crippen LogP) is 3.60. The van der Waals surface area contributed by atoms with E-state index in [1.165, 1.54) is 0 Å². The van der Waals surface area contributed by atoms with Gasteiger partial charge in [-0.3, -0.25) is 4.79 Å². The minimum atomic E-state index is -0.235.